The molecule has 0 unspecified atom stereocenters. The van der Waals surface area contributed by atoms with Gasteiger partial charge in [0.25, 0.3) is 0 Å². The summed E-state index contributed by atoms with van der Waals surface area (Å²) in [5, 5.41) is 9.31. The molecule has 0 radical (unpaired) electrons. The summed E-state index contributed by atoms with van der Waals surface area (Å²) in [4.78, 5) is 1.44. The minimum absolute atomic E-state index is 0.494. The Hall–Kier alpha value is -0.380. The Balaban J connectivity index is 1.73. The summed E-state index contributed by atoms with van der Waals surface area (Å²) < 4.78 is 0. The van der Waals surface area contributed by atoms with Crippen molar-refractivity contribution in [1.29, 1.82) is 0 Å². The highest BCUT2D eigenvalue weighted by Gasteiger charge is 2.13. The molecule has 0 spiro atoms. The number of thiophene rings is 1. The van der Waals surface area contributed by atoms with Crippen LogP contribution in [-0.4, -0.2) is 19.1 Å². The summed E-state index contributed by atoms with van der Waals surface area (Å²) in [6.45, 7) is 4.54. The lowest BCUT2D eigenvalue weighted by atomic mass is 10.0. The number of hydrogen-bond donors (Lipinski definition) is 2. The summed E-state index contributed by atoms with van der Waals surface area (Å²) in [6, 6.07) is 5.50. The molecule has 1 aliphatic heterocycles. The lowest BCUT2D eigenvalue weighted by molar-refractivity contribution is 0.372. The van der Waals surface area contributed by atoms with Crippen LogP contribution in [0.3, 0.4) is 0 Å². The number of hydrogen-bond acceptors (Lipinski definition) is 3. The van der Waals surface area contributed by atoms with Gasteiger partial charge in [0.1, 0.15) is 0 Å². The molecule has 2 heterocycles. The first-order valence-corrected chi connectivity index (χ1v) is 6.74. The Morgan fingerprint density at radius 3 is 3.20 bits per heavy atom. The van der Waals surface area contributed by atoms with E-state index in [1.165, 1.54) is 30.7 Å². The first-order chi connectivity index (χ1) is 7.36. The van der Waals surface area contributed by atoms with Crippen LogP contribution in [-0.2, 0) is 0 Å². The van der Waals surface area contributed by atoms with E-state index in [1.54, 1.807) is 0 Å². The van der Waals surface area contributed by atoms with E-state index in [1.807, 2.05) is 11.3 Å². The maximum absolute atomic E-state index is 3.60. The van der Waals surface area contributed by atoms with Gasteiger partial charge in [-0.25, -0.2) is 0 Å². The zero-order chi connectivity index (χ0) is 10.5. The quantitative estimate of drug-likeness (QED) is 0.821. The zero-order valence-corrected chi connectivity index (χ0v) is 10.1. The monoisotopic (exact) mass is 224 g/mol. The molecule has 0 bridgehead atoms. The molecule has 2 atom stereocenters. The Bertz CT molecular complexity index is 265. The summed E-state index contributed by atoms with van der Waals surface area (Å²) in [5.41, 5.74) is 0. The Labute approximate surface area is 96.1 Å². The van der Waals surface area contributed by atoms with Gasteiger partial charge in [0.15, 0.2) is 0 Å². The van der Waals surface area contributed by atoms with Gasteiger partial charge in [-0.2, -0.15) is 0 Å². The van der Waals surface area contributed by atoms with Crippen LogP contribution in [0.1, 0.15) is 37.1 Å². The number of rotatable bonds is 4. The lowest BCUT2D eigenvalue weighted by Crippen LogP contribution is -2.42. The van der Waals surface area contributed by atoms with Crippen LogP contribution in [0.2, 0.25) is 0 Å². The highest BCUT2D eigenvalue weighted by molar-refractivity contribution is 7.10. The van der Waals surface area contributed by atoms with Crippen LogP contribution >= 0.6 is 11.3 Å². The highest BCUT2D eigenvalue weighted by atomic mass is 32.1. The van der Waals surface area contributed by atoms with Crippen LogP contribution in [0.25, 0.3) is 0 Å². The third kappa shape index (κ3) is 3.30. The SMILES string of the molecule is C[C@H](NC[C@@H]1CCCCN1)c1cccs1. The predicted octanol–water partition coefficient (Wildman–Crippen LogP) is 2.54. The first kappa shape index (κ1) is 11.1. The fourth-order valence-electron chi connectivity index (χ4n) is 2.06. The summed E-state index contributed by atoms with van der Waals surface area (Å²) >= 11 is 1.83. The van der Waals surface area contributed by atoms with E-state index in [2.05, 4.69) is 35.1 Å². The van der Waals surface area contributed by atoms with Gasteiger partial charge in [0.05, 0.1) is 0 Å². The number of nitrogens with one attached hydrogen (secondary N) is 2. The third-order valence-corrected chi connectivity index (χ3v) is 4.11. The molecule has 1 fully saturated rings. The minimum Gasteiger partial charge on any atom is -0.313 e. The standard InChI is InChI=1S/C12H20N2S/c1-10(12-6-4-8-15-12)14-9-11-5-2-3-7-13-11/h4,6,8,10-11,13-14H,2-3,5,7,9H2,1H3/t10-,11-/m0/s1. The normalized spacial score (nSPS) is 23.9. The summed E-state index contributed by atoms with van der Waals surface area (Å²) in [6.07, 6.45) is 4.05. The average Bonchev–Trinajstić information content (AvgIpc) is 2.81. The van der Waals surface area contributed by atoms with E-state index >= 15 is 0 Å². The van der Waals surface area contributed by atoms with E-state index in [9.17, 15) is 0 Å². The second kappa shape index (κ2) is 5.64. The van der Waals surface area contributed by atoms with Crippen molar-refractivity contribution >= 4 is 11.3 Å². The van der Waals surface area contributed by atoms with Gasteiger partial charge in [0, 0.05) is 23.5 Å². The topological polar surface area (TPSA) is 24.1 Å². The smallest absolute Gasteiger partial charge is 0.0386 e. The molecule has 1 aliphatic rings. The van der Waals surface area contributed by atoms with E-state index in [0.717, 1.165) is 6.54 Å². The highest BCUT2D eigenvalue weighted by Crippen LogP contribution is 2.18. The second-order valence-electron chi connectivity index (χ2n) is 4.29. The van der Waals surface area contributed by atoms with Crippen molar-refractivity contribution in [1.82, 2.24) is 10.6 Å². The third-order valence-electron chi connectivity index (χ3n) is 3.05. The Morgan fingerprint density at radius 1 is 1.60 bits per heavy atom. The van der Waals surface area contributed by atoms with Crippen molar-refractivity contribution in [3.8, 4) is 0 Å². The van der Waals surface area contributed by atoms with Crippen molar-refractivity contribution < 1.29 is 0 Å². The Morgan fingerprint density at radius 2 is 2.53 bits per heavy atom. The van der Waals surface area contributed by atoms with E-state index in [4.69, 9.17) is 0 Å². The van der Waals surface area contributed by atoms with Crippen molar-refractivity contribution in [2.45, 2.75) is 38.3 Å². The van der Waals surface area contributed by atoms with Crippen LogP contribution in [0.5, 0.6) is 0 Å². The fraction of sp³-hybridized carbons (Fsp3) is 0.667. The van der Waals surface area contributed by atoms with Crippen molar-refractivity contribution in [2.24, 2.45) is 0 Å². The van der Waals surface area contributed by atoms with Gasteiger partial charge in [-0.3, -0.25) is 0 Å². The first-order valence-electron chi connectivity index (χ1n) is 5.86. The molecular formula is C12H20N2S. The van der Waals surface area contributed by atoms with Gasteiger partial charge in [-0.05, 0) is 37.8 Å². The molecule has 1 aromatic heterocycles. The molecular weight excluding hydrogens is 204 g/mol. The summed E-state index contributed by atoms with van der Waals surface area (Å²) in [7, 11) is 0. The number of piperidine rings is 1. The largest absolute Gasteiger partial charge is 0.313 e. The van der Waals surface area contributed by atoms with Gasteiger partial charge in [0.2, 0.25) is 0 Å². The molecule has 2 nitrogen and oxygen atoms in total. The average molecular weight is 224 g/mol. The van der Waals surface area contributed by atoms with Gasteiger partial charge in [-0.1, -0.05) is 12.5 Å². The van der Waals surface area contributed by atoms with Gasteiger partial charge < -0.3 is 10.6 Å². The van der Waals surface area contributed by atoms with Gasteiger partial charge >= 0.3 is 0 Å². The zero-order valence-electron chi connectivity index (χ0n) is 9.33. The molecule has 15 heavy (non-hydrogen) atoms. The molecule has 3 heteroatoms. The molecule has 1 saturated heterocycles. The molecule has 84 valence electrons. The van der Waals surface area contributed by atoms with Crippen LogP contribution in [0, 0.1) is 0 Å². The van der Waals surface area contributed by atoms with Crippen molar-refractivity contribution in [2.75, 3.05) is 13.1 Å². The van der Waals surface area contributed by atoms with Crippen LogP contribution in [0.4, 0.5) is 0 Å². The van der Waals surface area contributed by atoms with E-state index in [-0.39, 0.29) is 0 Å². The van der Waals surface area contributed by atoms with Crippen LogP contribution in [0.15, 0.2) is 17.5 Å². The van der Waals surface area contributed by atoms with E-state index in [0.29, 0.717) is 12.1 Å². The fourth-order valence-corrected chi connectivity index (χ4v) is 2.81. The maximum atomic E-state index is 3.60. The molecule has 0 saturated carbocycles. The summed E-state index contributed by atoms with van der Waals surface area (Å²) in [5.74, 6) is 0. The molecule has 1 aromatic rings. The molecule has 2 N–H and O–H groups in total. The molecule has 0 amide bonds. The van der Waals surface area contributed by atoms with Crippen LogP contribution < -0.4 is 10.6 Å². The van der Waals surface area contributed by atoms with Crippen molar-refractivity contribution in [3.05, 3.63) is 22.4 Å². The van der Waals surface area contributed by atoms with Gasteiger partial charge in [-0.15, -0.1) is 11.3 Å². The Kier molecular flexibility index (Phi) is 4.18. The second-order valence-corrected chi connectivity index (χ2v) is 5.27. The predicted molar refractivity (Wildman–Crippen MR) is 66.4 cm³/mol. The lowest BCUT2D eigenvalue weighted by Gasteiger charge is -2.25. The molecule has 0 aliphatic carbocycles. The van der Waals surface area contributed by atoms with Crippen molar-refractivity contribution in [3.63, 3.8) is 0 Å². The molecule has 2 rings (SSSR count). The van der Waals surface area contributed by atoms with E-state index < -0.39 is 0 Å². The maximum Gasteiger partial charge on any atom is 0.0386 e. The minimum atomic E-state index is 0.494. The molecule has 0 aromatic carbocycles.